The molecule has 0 radical (unpaired) electrons. The number of carboxylic acids is 1. The molecule has 0 heterocycles. The average molecular weight is 1310 g/mol. The molecule has 0 fully saturated rings. The van der Waals surface area contributed by atoms with E-state index in [0.717, 1.165) is 77.0 Å². The fourth-order valence-corrected chi connectivity index (χ4v) is 11.9. The highest BCUT2D eigenvalue weighted by atomic mass is 16.7. The molecule has 2 unspecified atom stereocenters. The van der Waals surface area contributed by atoms with Crippen LogP contribution in [-0.4, -0.2) is 87.4 Å². The molecule has 1 N–H and O–H groups in total. The predicted molar refractivity (Wildman–Crippen MR) is 401 cm³/mol. The molecule has 0 aromatic carbocycles. The molecule has 0 bridgehead atoms. The van der Waals surface area contributed by atoms with E-state index < -0.39 is 18.4 Å². The van der Waals surface area contributed by atoms with Gasteiger partial charge in [-0.2, -0.15) is 0 Å². The Morgan fingerprint density at radius 3 is 0.914 bits per heavy atom. The monoisotopic (exact) mass is 1310 g/mol. The predicted octanol–water partition coefficient (Wildman–Crippen LogP) is 25.6. The number of esters is 2. The smallest absolute Gasteiger partial charge is 0.361 e. The van der Waals surface area contributed by atoms with E-state index in [-0.39, 0.29) is 38.2 Å². The second-order valence-electron chi connectivity index (χ2n) is 28.4. The Labute approximate surface area is 577 Å². The first-order chi connectivity index (χ1) is 45.6. The van der Waals surface area contributed by atoms with Gasteiger partial charge in [-0.1, -0.05) is 382 Å². The summed E-state index contributed by atoms with van der Waals surface area (Å²) in [5.74, 6) is -1.98. The summed E-state index contributed by atoms with van der Waals surface area (Å²) >= 11 is 0. The summed E-state index contributed by atoms with van der Waals surface area (Å²) in [4.78, 5) is 37.7. The highest BCUT2D eigenvalue weighted by Crippen LogP contribution is 2.20. The van der Waals surface area contributed by atoms with Crippen LogP contribution in [-0.2, 0) is 33.3 Å². The molecule has 9 heteroatoms. The number of likely N-dealkylation sites (N-methyl/N-ethyl adjacent to an activating group) is 1. The molecule has 2 atom stereocenters. The maximum atomic E-state index is 13.0. The molecule has 0 rings (SSSR count). The Hall–Kier alpha value is -3.27. The van der Waals surface area contributed by atoms with Gasteiger partial charge in [-0.15, -0.1) is 0 Å². The molecular weight excluding hydrogens is 1150 g/mol. The number of rotatable bonds is 75. The summed E-state index contributed by atoms with van der Waals surface area (Å²) in [6.07, 6.45) is 97.7. The van der Waals surface area contributed by atoms with Gasteiger partial charge >= 0.3 is 17.9 Å². The van der Waals surface area contributed by atoms with E-state index in [2.05, 4.69) is 86.8 Å². The molecule has 93 heavy (non-hydrogen) atoms. The zero-order valence-corrected chi connectivity index (χ0v) is 62.2. The van der Waals surface area contributed by atoms with Crippen molar-refractivity contribution in [1.29, 1.82) is 0 Å². The Morgan fingerprint density at radius 1 is 0.333 bits per heavy atom. The quantitative estimate of drug-likeness (QED) is 0.0211. The molecule has 0 aliphatic rings. The highest BCUT2D eigenvalue weighted by Gasteiger charge is 2.25. The Morgan fingerprint density at radius 2 is 0.613 bits per heavy atom. The normalized spacial score (nSPS) is 13.0. The molecule has 0 amide bonds. The van der Waals surface area contributed by atoms with Crippen molar-refractivity contribution in [3.8, 4) is 0 Å². The first kappa shape index (κ1) is 89.7. The Bertz CT molecular complexity index is 1760. The number of carbonyl (C=O) groups is 3. The number of nitrogens with zero attached hydrogens (tertiary/aromatic N) is 1. The lowest BCUT2D eigenvalue weighted by Gasteiger charge is -2.25. The molecule has 0 saturated carbocycles. The number of carboxylic acid groups (broad SMARTS) is 1. The highest BCUT2D eigenvalue weighted by molar-refractivity contribution is 5.71. The van der Waals surface area contributed by atoms with Gasteiger partial charge in [0.2, 0.25) is 0 Å². The van der Waals surface area contributed by atoms with Crippen LogP contribution in [0.15, 0.2) is 72.9 Å². The third-order valence-electron chi connectivity index (χ3n) is 18.0. The Kier molecular flexibility index (Phi) is 71.9. The molecule has 9 nitrogen and oxygen atoms in total. The van der Waals surface area contributed by atoms with E-state index in [9.17, 15) is 19.5 Å². The average Bonchev–Trinajstić information content (AvgIpc) is 3.73. The van der Waals surface area contributed by atoms with Crippen molar-refractivity contribution in [2.24, 2.45) is 0 Å². The summed E-state index contributed by atoms with van der Waals surface area (Å²) in [5.41, 5.74) is 0. The van der Waals surface area contributed by atoms with Crippen LogP contribution in [0.3, 0.4) is 0 Å². The lowest BCUT2D eigenvalue weighted by molar-refractivity contribution is -0.870. The first-order valence-corrected chi connectivity index (χ1v) is 40.1. The van der Waals surface area contributed by atoms with Crippen molar-refractivity contribution >= 4 is 17.9 Å². The van der Waals surface area contributed by atoms with Crippen molar-refractivity contribution in [2.75, 3.05) is 47.5 Å². The molecule has 0 aromatic heterocycles. The van der Waals surface area contributed by atoms with Crippen LogP contribution in [0.25, 0.3) is 0 Å². The molecule has 542 valence electrons. The van der Waals surface area contributed by atoms with Crippen molar-refractivity contribution < 1.29 is 42.9 Å². The SMILES string of the molecule is CC/C=C\C/C=C\C/C=C\C/C=C\C/C=C\C/C=C\CCCCCCCCCCCCCCCCCCCCC(=O)OC(COC(=O)CCCCCCCCCCCCCCCCCCCCCCCCCCCCCCCCC)COC(OCC[N+](C)(C)C)C(=O)O. The number of unbranched alkanes of at least 4 members (excludes halogenated alkanes) is 48. The summed E-state index contributed by atoms with van der Waals surface area (Å²) in [6.45, 7) is 4.83. The number of aliphatic carboxylic acids is 1. The van der Waals surface area contributed by atoms with Gasteiger partial charge in [-0.3, -0.25) is 9.59 Å². The molecular formula is C84H154NO8+. The number of quaternary nitrogens is 1. The summed E-state index contributed by atoms with van der Waals surface area (Å²) in [5, 5.41) is 9.77. The Balaban J connectivity index is 3.99. The van der Waals surface area contributed by atoms with Crippen LogP contribution in [0.4, 0.5) is 0 Å². The van der Waals surface area contributed by atoms with Gasteiger partial charge in [0.05, 0.1) is 34.4 Å². The van der Waals surface area contributed by atoms with Gasteiger partial charge in [0.25, 0.3) is 6.29 Å². The van der Waals surface area contributed by atoms with Crippen LogP contribution >= 0.6 is 0 Å². The van der Waals surface area contributed by atoms with Gasteiger partial charge < -0.3 is 28.5 Å². The van der Waals surface area contributed by atoms with Gasteiger partial charge in [-0.25, -0.2) is 4.79 Å². The van der Waals surface area contributed by atoms with Crippen LogP contribution < -0.4 is 0 Å². The second kappa shape index (κ2) is 74.5. The zero-order valence-electron chi connectivity index (χ0n) is 62.2. The van der Waals surface area contributed by atoms with Crippen LogP contribution in [0, 0.1) is 0 Å². The van der Waals surface area contributed by atoms with Gasteiger partial charge in [0.15, 0.2) is 6.10 Å². The number of hydrogen-bond donors (Lipinski definition) is 1. The standard InChI is InChI=1S/C84H153NO8/c1-6-8-10-12-14-16-18-20-22-24-26-28-30-32-34-36-38-39-40-41-42-43-45-47-49-51-53-55-57-59-61-63-65-67-69-71-73-75-82(87)93-80(79-92-84(83(88)89)90-77-76-85(3,4)5)78-91-81(86)74-72-70-68-66-64-62-60-58-56-54-52-50-48-46-44-37-35-33-31-29-27-25-23-21-19-17-15-13-11-9-7-2/h8,10,14,16,20,22,26,28,32,34,38-39,80,84H,6-7,9,11-13,15,17-19,21,23-25,27,29-31,33,35-37,40-79H2,1-5H3/p+1/b10-8-,16-14-,22-20-,28-26-,34-32-,39-38-. The topological polar surface area (TPSA) is 108 Å². The van der Waals surface area contributed by atoms with Crippen LogP contribution in [0.1, 0.15) is 386 Å². The van der Waals surface area contributed by atoms with E-state index in [0.29, 0.717) is 17.4 Å². The van der Waals surface area contributed by atoms with Crippen molar-refractivity contribution in [1.82, 2.24) is 0 Å². The molecule has 0 saturated heterocycles. The second-order valence-corrected chi connectivity index (χ2v) is 28.4. The lowest BCUT2D eigenvalue weighted by atomic mass is 10.0. The van der Waals surface area contributed by atoms with Crippen molar-refractivity contribution in [2.45, 2.75) is 399 Å². The van der Waals surface area contributed by atoms with Crippen molar-refractivity contribution in [3.05, 3.63) is 72.9 Å². The number of hydrogen-bond acceptors (Lipinski definition) is 7. The molecule has 0 aliphatic carbocycles. The van der Waals surface area contributed by atoms with Gasteiger partial charge in [0, 0.05) is 12.8 Å². The van der Waals surface area contributed by atoms with E-state index >= 15 is 0 Å². The minimum Gasteiger partial charge on any atom is -0.477 e. The van der Waals surface area contributed by atoms with E-state index in [1.165, 1.54) is 283 Å². The van der Waals surface area contributed by atoms with E-state index in [4.69, 9.17) is 18.9 Å². The van der Waals surface area contributed by atoms with E-state index in [1.807, 2.05) is 21.1 Å². The molecule has 0 aromatic rings. The van der Waals surface area contributed by atoms with Gasteiger partial charge in [0.1, 0.15) is 13.2 Å². The zero-order chi connectivity index (χ0) is 67.5. The van der Waals surface area contributed by atoms with E-state index in [1.54, 1.807) is 0 Å². The minimum absolute atomic E-state index is 0.177. The van der Waals surface area contributed by atoms with Crippen LogP contribution in [0.5, 0.6) is 0 Å². The van der Waals surface area contributed by atoms with Crippen molar-refractivity contribution in [3.63, 3.8) is 0 Å². The third kappa shape index (κ3) is 76.0. The number of carbonyl (C=O) groups excluding carboxylic acids is 2. The minimum atomic E-state index is -1.51. The fourth-order valence-electron chi connectivity index (χ4n) is 11.9. The maximum Gasteiger partial charge on any atom is 0.361 e. The lowest BCUT2D eigenvalue weighted by Crippen LogP contribution is -2.40. The molecule has 0 aliphatic heterocycles. The maximum absolute atomic E-state index is 13.0. The molecule has 0 spiro atoms. The summed E-state index contributed by atoms with van der Waals surface area (Å²) in [7, 11) is 6.00. The summed E-state index contributed by atoms with van der Waals surface area (Å²) in [6, 6.07) is 0. The van der Waals surface area contributed by atoms with Crippen LogP contribution in [0.2, 0.25) is 0 Å². The number of allylic oxidation sites excluding steroid dienone is 12. The van der Waals surface area contributed by atoms with Gasteiger partial charge in [-0.05, 0) is 64.2 Å². The first-order valence-electron chi connectivity index (χ1n) is 40.1. The fraction of sp³-hybridized carbons (Fsp3) is 0.821. The largest absolute Gasteiger partial charge is 0.477 e. The summed E-state index contributed by atoms with van der Waals surface area (Å²) < 4.78 is 23.1. The number of ether oxygens (including phenoxy) is 4. The third-order valence-corrected chi connectivity index (χ3v) is 18.0.